The minimum absolute atomic E-state index is 0.0526. The molecule has 4 nitrogen and oxygen atoms in total. The predicted molar refractivity (Wildman–Crippen MR) is 87.3 cm³/mol. The first-order chi connectivity index (χ1) is 10.8. The number of carboxylic acid groups (broad SMARTS) is 1. The molecule has 2 aromatic rings. The van der Waals surface area contributed by atoms with Gasteiger partial charge in [0.25, 0.3) is 0 Å². The van der Waals surface area contributed by atoms with Gasteiger partial charge in [0.05, 0.1) is 23.9 Å². The summed E-state index contributed by atoms with van der Waals surface area (Å²) in [6.07, 6.45) is -0.180. The van der Waals surface area contributed by atoms with Crippen LogP contribution < -0.4 is 5.32 Å². The van der Waals surface area contributed by atoms with Crippen LogP contribution in [0, 0.1) is 12.7 Å². The van der Waals surface area contributed by atoms with E-state index >= 15 is 0 Å². The van der Waals surface area contributed by atoms with E-state index in [2.05, 4.69) is 5.32 Å². The van der Waals surface area contributed by atoms with Crippen LogP contribution >= 0.6 is 22.9 Å². The Morgan fingerprint density at radius 1 is 1.35 bits per heavy atom. The van der Waals surface area contributed by atoms with Gasteiger partial charge in [-0.3, -0.25) is 9.59 Å². The standard InChI is InChI=1S/C16H15ClFNO3S/c1-9-2-4-11(23-9)7-15(20)19-14(8-16(21)22)10-3-5-12(17)13(18)6-10/h2-6,14H,7-8H2,1H3,(H,19,20)(H,21,22). The SMILES string of the molecule is Cc1ccc(CC(=O)NC(CC(=O)O)c2ccc(Cl)c(F)c2)s1. The van der Waals surface area contributed by atoms with Crippen LogP contribution in [0.2, 0.25) is 5.02 Å². The van der Waals surface area contributed by atoms with Crippen molar-refractivity contribution in [1.29, 1.82) is 0 Å². The van der Waals surface area contributed by atoms with Crippen molar-refractivity contribution in [2.45, 2.75) is 25.8 Å². The van der Waals surface area contributed by atoms with Gasteiger partial charge in [-0.05, 0) is 36.8 Å². The smallest absolute Gasteiger partial charge is 0.305 e. The molecule has 0 fully saturated rings. The maximum absolute atomic E-state index is 13.6. The van der Waals surface area contributed by atoms with Crippen molar-refractivity contribution in [1.82, 2.24) is 5.32 Å². The summed E-state index contributed by atoms with van der Waals surface area (Å²) in [6.45, 7) is 1.94. The summed E-state index contributed by atoms with van der Waals surface area (Å²) in [5.74, 6) is -2.05. The molecular formula is C16H15ClFNO3S. The number of amides is 1. The van der Waals surface area contributed by atoms with Crippen molar-refractivity contribution >= 4 is 34.8 Å². The number of aliphatic carboxylic acids is 1. The number of carboxylic acids is 1. The maximum atomic E-state index is 13.6. The fourth-order valence-corrected chi connectivity index (χ4v) is 3.15. The number of benzene rings is 1. The van der Waals surface area contributed by atoms with Crippen LogP contribution in [0.1, 0.15) is 27.8 Å². The maximum Gasteiger partial charge on any atom is 0.305 e. The number of aryl methyl sites for hydroxylation is 1. The van der Waals surface area contributed by atoms with Gasteiger partial charge in [-0.2, -0.15) is 0 Å². The zero-order valence-corrected chi connectivity index (χ0v) is 13.9. The molecule has 122 valence electrons. The third-order valence-electron chi connectivity index (χ3n) is 3.19. The molecule has 1 aromatic heterocycles. The van der Waals surface area contributed by atoms with E-state index < -0.39 is 17.8 Å². The highest BCUT2D eigenvalue weighted by Crippen LogP contribution is 2.23. The molecule has 1 aromatic carbocycles. The molecule has 0 spiro atoms. The Morgan fingerprint density at radius 3 is 2.65 bits per heavy atom. The van der Waals surface area contributed by atoms with Crippen LogP contribution in [0.4, 0.5) is 4.39 Å². The summed E-state index contributed by atoms with van der Waals surface area (Å²) >= 11 is 7.13. The van der Waals surface area contributed by atoms with Crippen molar-refractivity contribution in [3.63, 3.8) is 0 Å². The number of hydrogen-bond acceptors (Lipinski definition) is 3. The van der Waals surface area contributed by atoms with Crippen LogP contribution in [0.15, 0.2) is 30.3 Å². The molecule has 0 aliphatic rings. The highest BCUT2D eigenvalue weighted by atomic mass is 35.5. The molecule has 0 aliphatic heterocycles. The third-order valence-corrected chi connectivity index (χ3v) is 4.50. The van der Waals surface area contributed by atoms with Gasteiger partial charge in [0.1, 0.15) is 5.82 Å². The number of rotatable bonds is 6. The summed E-state index contributed by atoms with van der Waals surface area (Å²) < 4.78 is 13.6. The fraction of sp³-hybridized carbons (Fsp3) is 0.250. The van der Waals surface area contributed by atoms with Gasteiger partial charge in [0.2, 0.25) is 5.91 Å². The number of thiophene rings is 1. The van der Waals surface area contributed by atoms with E-state index in [9.17, 15) is 14.0 Å². The van der Waals surface area contributed by atoms with Gasteiger partial charge >= 0.3 is 5.97 Å². The molecule has 1 heterocycles. The van der Waals surface area contributed by atoms with Gasteiger partial charge < -0.3 is 10.4 Å². The Kier molecular flexibility index (Phi) is 5.74. The van der Waals surface area contributed by atoms with E-state index in [0.29, 0.717) is 5.56 Å². The summed E-state index contributed by atoms with van der Waals surface area (Å²) in [5.41, 5.74) is 0.366. The minimum Gasteiger partial charge on any atom is -0.481 e. The second-order valence-corrected chi connectivity index (χ2v) is 6.86. The molecular weight excluding hydrogens is 341 g/mol. The first kappa shape index (κ1) is 17.4. The van der Waals surface area contributed by atoms with Gasteiger partial charge in [0.15, 0.2) is 0 Å². The highest BCUT2D eigenvalue weighted by Gasteiger charge is 2.19. The Morgan fingerprint density at radius 2 is 2.09 bits per heavy atom. The second kappa shape index (κ2) is 7.57. The van der Waals surface area contributed by atoms with E-state index in [0.717, 1.165) is 15.8 Å². The Hall–Kier alpha value is -1.92. The molecule has 23 heavy (non-hydrogen) atoms. The van der Waals surface area contributed by atoms with Crippen LogP contribution in [0.5, 0.6) is 0 Å². The molecule has 1 atom stereocenters. The van der Waals surface area contributed by atoms with Crippen molar-refractivity contribution < 1.29 is 19.1 Å². The molecule has 0 saturated carbocycles. The van der Waals surface area contributed by atoms with Crippen molar-refractivity contribution in [2.75, 3.05) is 0 Å². The first-order valence-electron chi connectivity index (χ1n) is 6.86. The third kappa shape index (κ3) is 5.04. The lowest BCUT2D eigenvalue weighted by Crippen LogP contribution is -2.31. The van der Waals surface area contributed by atoms with Crippen LogP contribution in [0.25, 0.3) is 0 Å². The zero-order valence-electron chi connectivity index (χ0n) is 12.3. The van der Waals surface area contributed by atoms with Crippen LogP contribution in [0.3, 0.4) is 0 Å². The van der Waals surface area contributed by atoms with E-state index in [1.807, 2.05) is 19.1 Å². The van der Waals surface area contributed by atoms with E-state index in [1.165, 1.54) is 23.5 Å². The van der Waals surface area contributed by atoms with E-state index in [1.54, 1.807) is 0 Å². The van der Waals surface area contributed by atoms with Crippen molar-refractivity contribution in [3.8, 4) is 0 Å². The topological polar surface area (TPSA) is 66.4 Å². The number of hydrogen-bond donors (Lipinski definition) is 2. The number of carbonyl (C=O) groups is 2. The lowest BCUT2D eigenvalue weighted by molar-refractivity contribution is -0.137. The van der Waals surface area contributed by atoms with Gasteiger partial charge in [-0.1, -0.05) is 17.7 Å². The van der Waals surface area contributed by atoms with Crippen molar-refractivity contribution in [2.24, 2.45) is 0 Å². The quantitative estimate of drug-likeness (QED) is 0.829. The molecule has 2 N–H and O–H groups in total. The largest absolute Gasteiger partial charge is 0.481 e. The van der Waals surface area contributed by atoms with E-state index in [-0.39, 0.29) is 23.8 Å². The summed E-state index contributed by atoms with van der Waals surface area (Å²) in [6, 6.07) is 6.95. The number of carbonyl (C=O) groups excluding carboxylic acids is 1. The Bertz CT molecular complexity index is 732. The highest BCUT2D eigenvalue weighted by molar-refractivity contribution is 7.12. The molecule has 0 saturated heterocycles. The molecule has 2 rings (SSSR count). The fourth-order valence-electron chi connectivity index (χ4n) is 2.14. The monoisotopic (exact) mass is 355 g/mol. The van der Waals surface area contributed by atoms with Crippen molar-refractivity contribution in [3.05, 3.63) is 56.5 Å². The summed E-state index contributed by atoms with van der Waals surface area (Å²) in [4.78, 5) is 25.1. The van der Waals surface area contributed by atoms with Gasteiger partial charge in [-0.25, -0.2) is 4.39 Å². The minimum atomic E-state index is -1.09. The number of halogens is 2. The molecule has 1 unspecified atom stereocenters. The summed E-state index contributed by atoms with van der Waals surface area (Å²) in [7, 11) is 0. The lowest BCUT2D eigenvalue weighted by atomic mass is 10.0. The van der Waals surface area contributed by atoms with E-state index in [4.69, 9.17) is 16.7 Å². The van der Waals surface area contributed by atoms with Gasteiger partial charge in [-0.15, -0.1) is 11.3 Å². The average Bonchev–Trinajstić information content (AvgIpc) is 2.85. The Labute approximate surface area is 141 Å². The Balaban J connectivity index is 2.12. The van der Waals surface area contributed by atoms with Crippen LogP contribution in [-0.2, 0) is 16.0 Å². The predicted octanol–water partition coefficient (Wildman–Crippen LogP) is 3.72. The first-order valence-corrected chi connectivity index (χ1v) is 8.06. The summed E-state index contributed by atoms with van der Waals surface area (Å²) in [5, 5.41) is 11.6. The normalized spacial score (nSPS) is 12.0. The molecule has 1 amide bonds. The van der Waals surface area contributed by atoms with Crippen LogP contribution in [-0.4, -0.2) is 17.0 Å². The molecule has 0 bridgehead atoms. The number of nitrogens with one attached hydrogen (secondary N) is 1. The lowest BCUT2D eigenvalue weighted by Gasteiger charge is -2.17. The van der Waals surface area contributed by atoms with Gasteiger partial charge in [0, 0.05) is 9.75 Å². The molecule has 0 aliphatic carbocycles. The zero-order chi connectivity index (χ0) is 17.0. The average molecular weight is 356 g/mol. The second-order valence-electron chi connectivity index (χ2n) is 5.08. The molecule has 7 heteroatoms. The molecule has 0 radical (unpaired) electrons.